The van der Waals surface area contributed by atoms with Crippen molar-refractivity contribution >= 4 is 12.1 Å². The zero-order valence-corrected chi connectivity index (χ0v) is 14.5. The lowest BCUT2D eigenvalue weighted by Crippen LogP contribution is -2.50. The fourth-order valence-corrected chi connectivity index (χ4v) is 2.79. The molecule has 1 amide bonds. The number of nitrogens with zero attached hydrogens (tertiary/aromatic N) is 1. The van der Waals surface area contributed by atoms with Crippen LogP contribution in [-0.2, 0) is 14.3 Å². The van der Waals surface area contributed by atoms with Crippen LogP contribution in [0.1, 0.15) is 47.0 Å². The van der Waals surface area contributed by atoms with Crippen molar-refractivity contribution in [3.05, 3.63) is 0 Å². The molecule has 1 heterocycles. The van der Waals surface area contributed by atoms with E-state index in [9.17, 15) is 9.59 Å². The van der Waals surface area contributed by atoms with Crippen molar-refractivity contribution in [2.24, 2.45) is 5.92 Å². The fraction of sp³-hybridized carbons (Fsp3) is 0.875. The molecule has 1 aliphatic rings. The van der Waals surface area contributed by atoms with Crippen LogP contribution in [0.3, 0.4) is 0 Å². The first-order valence-corrected chi connectivity index (χ1v) is 8.03. The number of carbonyl (C=O) groups is 2. The van der Waals surface area contributed by atoms with Gasteiger partial charge in [0.05, 0.1) is 6.61 Å². The predicted molar refractivity (Wildman–Crippen MR) is 84.6 cm³/mol. The molecule has 1 saturated heterocycles. The molecule has 0 aromatic rings. The van der Waals surface area contributed by atoms with Crippen molar-refractivity contribution in [3.63, 3.8) is 0 Å². The van der Waals surface area contributed by atoms with E-state index in [0.29, 0.717) is 18.9 Å². The molecule has 0 aliphatic carbocycles. The molecule has 6 nitrogen and oxygen atoms in total. The van der Waals surface area contributed by atoms with Crippen LogP contribution < -0.4 is 5.32 Å². The second kappa shape index (κ2) is 8.36. The van der Waals surface area contributed by atoms with E-state index >= 15 is 0 Å². The molecule has 128 valence electrons. The Hall–Kier alpha value is -1.30. The maximum absolute atomic E-state index is 11.9. The summed E-state index contributed by atoms with van der Waals surface area (Å²) in [6, 6.07) is 0.0563. The summed E-state index contributed by atoms with van der Waals surface area (Å²) in [5.74, 6) is 0.232. The SMILES string of the molecule is CCOC(=O)CCC1CC(NC(=O)OC(C)(C)C)CN(C)C1. The molecule has 0 aromatic heterocycles. The Labute approximate surface area is 133 Å². The summed E-state index contributed by atoms with van der Waals surface area (Å²) in [4.78, 5) is 25.5. The van der Waals surface area contributed by atoms with Gasteiger partial charge in [-0.2, -0.15) is 0 Å². The summed E-state index contributed by atoms with van der Waals surface area (Å²) in [6.45, 7) is 9.52. The van der Waals surface area contributed by atoms with Crippen LogP contribution in [0, 0.1) is 5.92 Å². The number of hydrogen-bond donors (Lipinski definition) is 1. The van der Waals surface area contributed by atoms with Gasteiger partial charge in [-0.3, -0.25) is 4.79 Å². The Morgan fingerprint density at radius 2 is 1.95 bits per heavy atom. The first-order valence-electron chi connectivity index (χ1n) is 8.03. The van der Waals surface area contributed by atoms with Crippen LogP contribution in [0.4, 0.5) is 4.79 Å². The lowest BCUT2D eigenvalue weighted by atomic mass is 9.90. The summed E-state index contributed by atoms with van der Waals surface area (Å²) in [5, 5.41) is 2.93. The van der Waals surface area contributed by atoms with Gasteiger partial charge < -0.3 is 19.7 Å². The summed E-state index contributed by atoms with van der Waals surface area (Å²) < 4.78 is 10.3. The van der Waals surface area contributed by atoms with Gasteiger partial charge in [0, 0.05) is 25.6 Å². The zero-order valence-electron chi connectivity index (χ0n) is 14.5. The normalized spacial score (nSPS) is 23.0. The fourth-order valence-electron chi connectivity index (χ4n) is 2.79. The van der Waals surface area contributed by atoms with Crippen molar-refractivity contribution in [2.75, 3.05) is 26.7 Å². The molecular formula is C16H30N2O4. The highest BCUT2D eigenvalue weighted by atomic mass is 16.6. The zero-order chi connectivity index (χ0) is 16.8. The summed E-state index contributed by atoms with van der Waals surface area (Å²) >= 11 is 0. The molecule has 2 atom stereocenters. The Kier molecular flexibility index (Phi) is 7.13. The first kappa shape index (κ1) is 18.7. The van der Waals surface area contributed by atoms with Crippen molar-refractivity contribution in [1.82, 2.24) is 10.2 Å². The summed E-state index contributed by atoms with van der Waals surface area (Å²) in [7, 11) is 2.03. The number of likely N-dealkylation sites (N-methyl/N-ethyl adjacent to an activating group) is 1. The molecule has 2 unspecified atom stereocenters. The van der Waals surface area contributed by atoms with Crippen LogP contribution in [0.25, 0.3) is 0 Å². The number of hydrogen-bond acceptors (Lipinski definition) is 5. The minimum absolute atomic E-state index is 0.0563. The van der Waals surface area contributed by atoms with E-state index < -0.39 is 5.60 Å². The molecule has 0 bridgehead atoms. The lowest BCUT2D eigenvalue weighted by molar-refractivity contribution is -0.143. The molecule has 6 heteroatoms. The molecule has 0 aromatic carbocycles. The number of esters is 1. The van der Waals surface area contributed by atoms with Gasteiger partial charge >= 0.3 is 12.1 Å². The van der Waals surface area contributed by atoms with Gasteiger partial charge in [0.15, 0.2) is 0 Å². The van der Waals surface area contributed by atoms with Gasteiger partial charge in [-0.15, -0.1) is 0 Å². The molecule has 22 heavy (non-hydrogen) atoms. The minimum Gasteiger partial charge on any atom is -0.466 e. The van der Waals surface area contributed by atoms with Gasteiger partial charge in [-0.25, -0.2) is 4.79 Å². The number of likely N-dealkylation sites (tertiary alicyclic amines) is 1. The minimum atomic E-state index is -0.492. The molecule has 1 rings (SSSR count). The standard InChI is InChI=1S/C16H30N2O4/c1-6-21-14(19)8-7-12-9-13(11-18(5)10-12)17-15(20)22-16(2,3)4/h12-13H,6-11H2,1-5H3,(H,17,20). The second-order valence-electron chi connectivity index (χ2n) is 7.01. The summed E-state index contributed by atoms with van der Waals surface area (Å²) in [5.41, 5.74) is -0.492. The van der Waals surface area contributed by atoms with Crippen molar-refractivity contribution in [2.45, 2.75) is 58.6 Å². The van der Waals surface area contributed by atoms with E-state index in [0.717, 1.165) is 25.9 Å². The average molecular weight is 314 g/mol. The Morgan fingerprint density at radius 1 is 1.27 bits per heavy atom. The van der Waals surface area contributed by atoms with Crippen molar-refractivity contribution in [1.29, 1.82) is 0 Å². The smallest absolute Gasteiger partial charge is 0.407 e. The maximum Gasteiger partial charge on any atom is 0.407 e. The van der Waals surface area contributed by atoms with Crippen LogP contribution >= 0.6 is 0 Å². The van der Waals surface area contributed by atoms with E-state index in [1.807, 2.05) is 34.7 Å². The molecule has 0 radical (unpaired) electrons. The van der Waals surface area contributed by atoms with Gasteiger partial charge in [0.1, 0.15) is 5.60 Å². The van der Waals surface area contributed by atoms with E-state index in [1.165, 1.54) is 0 Å². The Balaban J connectivity index is 2.42. The number of alkyl carbamates (subject to hydrolysis) is 1. The van der Waals surface area contributed by atoms with Crippen LogP contribution in [-0.4, -0.2) is 55.3 Å². The van der Waals surface area contributed by atoms with Crippen LogP contribution in [0.15, 0.2) is 0 Å². The number of amides is 1. The third-order valence-electron chi connectivity index (χ3n) is 3.50. The lowest BCUT2D eigenvalue weighted by Gasteiger charge is -2.36. The van der Waals surface area contributed by atoms with Gasteiger partial charge in [-0.05, 0) is 53.5 Å². The molecule has 0 spiro atoms. The highest BCUT2D eigenvalue weighted by molar-refractivity contribution is 5.69. The highest BCUT2D eigenvalue weighted by Gasteiger charge is 2.28. The maximum atomic E-state index is 11.9. The molecule has 1 fully saturated rings. The van der Waals surface area contributed by atoms with Crippen LogP contribution in [0.2, 0.25) is 0 Å². The predicted octanol–water partition coefficient (Wildman–Crippen LogP) is 2.17. The number of rotatable bonds is 5. The monoisotopic (exact) mass is 314 g/mol. The number of piperidine rings is 1. The molecule has 1 N–H and O–H groups in total. The highest BCUT2D eigenvalue weighted by Crippen LogP contribution is 2.21. The van der Waals surface area contributed by atoms with E-state index in [2.05, 4.69) is 10.2 Å². The molecule has 1 aliphatic heterocycles. The van der Waals surface area contributed by atoms with Crippen molar-refractivity contribution in [3.8, 4) is 0 Å². The third-order valence-corrected chi connectivity index (χ3v) is 3.50. The third kappa shape index (κ3) is 7.64. The number of ether oxygens (including phenoxy) is 2. The molecule has 0 saturated carbocycles. The van der Waals surface area contributed by atoms with Gasteiger partial charge in [0.25, 0.3) is 0 Å². The summed E-state index contributed by atoms with van der Waals surface area (Å²) in [6.07, 6.45) is 1.71. The van der Waals surface area contributed by atoms with Crippen molar-refractivity contribution < 1.29 is 19.1 Å². The quantitative estimate of drug-likeness (QED) is 0.788. The first-order chi connectivity index (χ1) is 10.2. The average Bonchev–Trinajstić information content (AvgIpc) is 2.33. The Morgan fingerprint density at radius 3 is 2.55 bits per heavy atom. The topological polar surface area (TPSA) is 67.9 Å². The van der Waals surface area contributed by atoms with E-state index in [1.54, 1.807) is 0 Å². The largest absolute Gasteiger partial charge is 0.466 e. The second-order valence-corrected chi connectivity index (χ2v) is 7.01. The molecular weight excluding hydrogens is 284 g/mol. The van der Waals surface area contributed by atoms with E-state index in [-0.39, 0.29) is 18.1 Å². The van der Waals surface area contributed by atoms with E-state index in [4.69, 9.17) is 9.47 Å². The van der Waals surface area contributed by atoms with Crippen LogP contribution in [0.5, 0.6) is 0 Å². The van der Waals surface area contributed by atoms with Gasteiger partial charge in [0.2, 0.25) is 0 Å². The number of nitrogens with one attached hydrogen (secondary N) is 1. The van der Waals surface area contributed by atoms with Gasteiger partial charge in [-0.1, -0.05) is 0 Å². The Bertz CT molecular complexity index is 379. The number of carbonyl (C=O) groups excluding carboxylic acids is 2.